The van der Waals surface area contributed by atoms with Crippen LogP contribution in [0.4, 0.5) is 14.5 Å². The summed E-state index contributed by atoms with van der Waals surface area (Å²) in [5.74, 6) is -1.24. The van der Waals surface area contributed by atoms with Gasteiger partial charge in [-0.25, -0.2) is 27.2 Å². The number of rotatable bonds is 9. The molecule has 0 atom stereocenters. The maximum atomic E-state index is 14.2. The SMILES string of the molecule is COc1ncc(-c2ccn3c(-c4nnc(CCN5CCN(C)CC5)o4)cnc3c2)cc1NS(=O)(=O)c1ccc(F)cc1F. The molecule has 1 N–H and O–H groups in total. The predicted molar refractivity (Wildman–Crippen MR) is 153 cm³/mol. The van der Waals surface area contributed by atoms with Crippen molar-refractivity contribution in [3.8, 4) is 28.6 Å². The molecule has 15 heteroatoms. The van der Waals surface area contributed by atoms with Gasteiger partial charge in [-0.2, -0.15) is 0 Å². The number of sulfonamides is 1. The monoisotopic (exact) mass is 610 g/mol. The number of piperazine rings is 1. The Morgan fingerprint density at radius 3 is 2.58 bits per heavy atom. The van der Waals surface area contributed by atoms with Gasteiger partial charge in [0.15, 0.2) is 0 Å². The first-order chi connectivity index (χ1) is 20.7. The quantitative estimate of drug-likeness (QED) is 0.265. The number of aromatic nitrogens is 5. The van der Waals surface area contributed by atoms with Gasteiger partial charge in [0.05, 0.1) is 13.3 Å². The van der Waals surface area contributed by atoms with Gasteiger partial charge in [-0.05, 0) is 42.9 Å². The molecule has 5 heterocycles. The molecule has 43 heavy (non-hydrogen) atoms. The van der Waals surface area contributed by atoms with E-state index in [0.717, 1.165) is 44.9 Å². The van der Waals surface area contributed by atoms with Crippen molar-refractivity contribution in [2.24, 2.45) is 0 Å². The average Bonchev–Trinajstić information content (AvgIpc) is 3.63. The minimum Gasteiger partial charge on any atom is -0.480 e. The molecule has 0 amide bonds. The number of benzene rings is 1. The van der Waals surface area contributed by atoms with E-state index in [9.17, 15) is 17.2 Å². The number of anilines is 1. The lowest BCUT2D eigenvalue weighted by atomic mass is 10.1. The highest BCUT2D eigenvalue weighted by Crippen LogP contribution is 2.32. The first kappa shape index (κ1) is 28.6. The van der Waals surface area contributed by atoms with Crippen molar-refractivity contribution in [2.45, 2.75) is 11.3 Å². The molecule has 4 aromatic heterocycles. The summed E-state index contributed by atoms with van der Waals surface area (Å²) in [6.45, 7) is 4.95. The summed E-state index contributed by atoms with van der Waals surface area (Å²) in [6, 6.07) is 7.30. The van der Waals surface area contributed by atoms with Crippen LogP contribution in [0.25, 0.3) is 28.4 Å². The van der Waals surface area contributed by atoms with Crippen LogP contribution in [0.2, 0.25) is 0 Å². The Morgan fingerprint density at radius 2 is 1.81 bits per heavy atom. The van der Waals surface area contributed by atoms with Gasteiger partial charge in [0.25, 0.3) is 15.9 Å². The highest BCUT2D eigenvalue weighted by atomic mass is 32.2. The molecule has 1 aliphatic rings. The second-order valence-corrected chi connectivity index (χ2v) is 11.8. The zero-order valence-electron chi connectivity index (χ0n) is 23.4. The molecule has 224 valence electrons. The number of nitrogens with one attached hydrogen (secondary N) is 1. The molecular formula is C28H28F2N8O4S. The molecular weight excluding hydrogens is 582 g/mol. The predicted octanol–water partition coefficient (Wildman–Crippen LogP) is 3.32. The Bertz CT molecular complexity index is 1890. The van der Waals surface area contributed by atoms with E-state index in [1.165, 1.54) is 19.4 Å². The third-order valence-electron chi connectivity index (χ3n) is 7.24. The van der Waals surface area contributed by atoms with Crippen LogP contribution >= 0.6 is 0 Å². The van der Waals surface area contributed by atoms with Crippen molar-refractivity contribution in [1.29, 1.82) is 0 Å². The Labute approximate surface area is 246 Å². The maximum Gasteiger partial charge on any atom is 0.266 e. The maximum absolute atomic E-state index is 14.2. The van der Waals surface area contributed by atoms with Crippen molar-refractivity contribution < 1.29 is 26.4 Å². The van der Waals surface area contributed by atoms with Crippen molar-refractivity contribution >= 4 is 21.4 Å². The molecule has 1 aromatic carbocycles. The van der Waals surface area contributed by atoms with Crippen molar-refractivity contribution in [3.63, 3.8) is 0 Å². The van der Waals surface area contributed by atoms with E-state index in [1.807, 2.05) is 0 Å². The van der Waals surface area contributed by atoms with Crippen LogP contribution < -0.4 is 9.46 Å². The molecule has 0 bridgehead atoms. The fraction of sp³-hybridized carbons (Fsp3) is 0.286. The molecule has 1 aliphatic heterocycles. The zero-order chi connectivity index (χ0) is 30.1. The highest BCUT2D eigenvalue weighted by molar-refractivity contribution is 7.92. The number of hydrogen-bond donors (Lipinski definition) is 1. The molecule has 0 unspecified atom stereocenters. The van der Waals surface area contributed by atoms with Crippen LogP contribution in [0, 0.1) is 11.6 Å². The number of imidazole rings is 1. The zero-order valence-corrected chi connectivity index (χ0v) is 24.2. The molecule has 0 saturated carbocycles. The molecule has 0 radical (unpaired) electrons. The Kier molecular flexibility index (Phi) is 7.77. The molecule has 6 rings (SSSR count). The van der Waals surface area contributed by atoms with Gasteiger partial charge >= 0.3 is 0 Å². The molecule has 0 aliphatic carbocycles. The smallest absolute Gasteiger partial charge is 0.266 e. The van der Waals surface area contributed by atoms with Gasteiger partial charge < -0.3 is 19.0 Å². The molecule has 5 aromatic rings. The molecule has 0 spiro atoms. The summed E-state index contributed by atoms with van der Waals surface area (Å²) in [6.07, 6.45) is 5.58. The van der Waals surface area contributed by atoms with Crippen LogP contribution in [0.5, 0.6) is 5.88 Å². The lowest BCUT2D eigenvalue weighted by molar-refractivity contribution is 0.153. The van der Waals surface area contributed by atoms with Crippen LogP contribution in [0.3, 0.4) is 0 Å². The van der Waals surface area contributed by atoms with E-state index < -0.39 is 26.6 Å². The van der Waals surface area contributed by atoms with E-state index in [1.54, 1.807) is 28.9 Å². The summed E-state index contributed by atoms with van der Waals surface area (Å²) in [5, 5.41) is 8.44. The Morgan fingerprint density at radius 1 is 1.00 bits per heavy atom. The number of likely N-dealkylation sites (N-methyl/N-ethyl adjacent to an activating group) is 1. The fourth-order valence-electron chi connectivity index (χ4n) is 4.84. The van der Waals surface area contributed by atoms with E-state index in [-0.39, 0.29) is 11.6 Å². The van der Waals surface area contributed by atoms with Crippen LogP contribution in [0.15, 0.2) is 64.3 Å². The standard InChI is InChI=1S/C28H28F2N8O4S/c1-36-9-11-37(12-10-36)7-6-26-33-34-28(42-26)23-17-31-25-14-18(5-8-38(23)25)19-13-22(27(41-2)32-16-19)35-43(39,40)24-4-3-20(29)15-21(24)30/h3-5,8,13-17,35H,6-7,9-12H2,1-2H3. The number of pyridine rings is 2. The number of nitrogens with zero attached hydrogens (tertiary/aromatic N) is 7. The number of methoxy groups -OCH3 is 1. The average molecular weight is 611 g/mol. The van der Waals surface area contributed by atoms with E-state index in [4.69, 9.17) is 9.15 Å². The highest BCUT2D eigenvalue weighted by Gasteiger charge is 2.23. The molecule has 1 saturated heterocycles. The lowest BCUT2D eigenvalue weighted by Crippen LogP contribution is -2.45. The van der Waals surface area contributed by atoms with Gasteiger partial charge in [-0.3, -0.25) is 9.12 Å². The third-order valence-corrected chi connectivity index (χ3v) is 8.64. The van der Waals surface area contributed by atoms with E-state index >= 15 is 0 Å². The minimum absolute atomic E-state index is 0.0254. The van der Waals surface area contributed by atoms with Gasteiger partial charge in [-0.1, -0.05) is 0 Å². The summed E-state index contributed by atoms with van der Waals surface area (Å²) in [5.41, 5.74) is 2.39. The number of halogens is 2. The second-order valence-electron chi connectivity index (χ2n) is 10.1. The summed E-state index contributed by atoms with van der Waals surface area (Å²) in [7, 11) is -0.974. The lowest BCUT2D eigenvalue weighted by Gasteiger charge is -2.31. The van der Waals surface area contributed by atoms with Crippen molar-refractivity contribution in [2.75, 3.05) is 51.6 Å². The van der Waals surface area contributed by atoms with Crippen molar-refractivity contribution in [3.05, 3.63) is 72.5 Å². The fourth-order valence-corrected chi connectivity index (χ4v) is 5.95. The summed E-state index contributed by atoms with van der Waals surface area (Å²) < 4.78 is 68.6. The number of ether oxygens (including phenoxy) is 1. The van der Waals surface area contributed by atoms with Gasteiger partial charge in [-0.15, -0.1) is 10.2 Å². The minimum atomic E-state index is -4.42. The molecule has 1 fully saturated rings. The van der Waals surface area contributed by atoms with Gasteiger partial charge in [0.1, 0.15) is 33.6 Å². The summed E-state index contributed by atoms with van der Waals surface area (Å²) >= 11 is 0. The number of hydrogen-bond acceptors (Lipinski definition) is 10. The van der Waals surface area contributed by atoms with Crippen LogP contribution in [-0.2, 0) is 16.4 Å². The van der Waals surface area contributed by atoms with Gasteiger partial charge in [0.2, 0.25) is 11.8 Å². The Balaban J connectivity index is 1.22. The Hall–Kier alpha value is -4.47. The first-order valence-corrected chi connectivity index (χ1v) is 14.9. The second kappa shape index (κ2) is 11.7. The summed E-state index contributed by atoms with van der Waals surface area (Å²) in [4.78, 5) is 12.7. The van der Waals surface area contributed by atoms with Crippen molar-refractivity contribution in [1.82, 2.24) is 34.4 Å². The molecule has 12 nitrogen and oxygen atoms in total. The topological polar surface area (TPSA) is 131 Å². The normalized spacial score (nSPS) is 14.8. The van der Waals surface area contributed by atoms with E-state index in [2.05, 4.69) is 41.7 Å². The largest absolute Gasteiger partial charge is 0.480 e. The first-order valence-electron chi connectivity index (χ1n) is 13.4. The van der Waals surface area contributed by atoms with E-state index in [0.29, 0.717) is 46.7 Å². The number of fused-ring (bicyclic) bond motifs is 1. The third kappa shape index (κ3) is 6.04. The van der Waals surface area contributed by atoms with Gasteiger partial charge in [0, 0.05) is 63.2 Å². The van der Waals surface area contributed by atoms with Crippen LogP contribution in [-0.4, -0.2) is 89.7 Å². The van der Waals surface area contributed by atoms with Crippen LogP contribution in [0.1, 0.15) is 5.89 Å².